The van der Waals surface area contributed by atoms with Crippen LogP contribution in [0.25, 0.3) is 10.8 Å². The van der Waals surface area contributed by atoms with Gasteiger partial charge in [-0.15, -0.1) is 0 Å². The first-order chi connectivity index (χ1) is 7.58. The molecule has 3 heteroatoms. The Bertz CT molecular complexity index is 510. The molecule has 0 heterocycles. The van der Waals surface area contributed by atoms with Gasteiger partial charge in [-0.25, -0.2) is 0 Å². The summed E-state index contributed by atoms with van der Waals surface area (Å²) in [6, 6.07) is 11.2. The minimum absolute atomic E-state index is 0.273. The standard InChI is InChI=1S/C13H14ClNO/c1-8(15)13(16)11-3-2-10-7-12(14)5-4-9(10)6-11/h2-8,13,16H,15H2,1H3/t8-,13-/m0/s1. The maximum Gasteiger partial charge on any atom is 0.0938 e. The van der Waals surface area contributed by atoms with Crippen LogP contribution in [0.1, 0.15) is 18.6 Å². The van der Waals surface area contributed by atoms with Gasteiger partial charge in [0.1, 0.15) is 0 Å². The predicted octanol–water partition coefficient (Wildman–Crippen LogP) is 2.87. The zero-order chi connectivity index (χ0) is 11.7. The second-order valence-electron chi connectivity index (χ2n) is 4.05. The van der Waals surface area contributed by atoms with E-state index in [0.29, 0.717) is 5.02 Å². The third kappa shape index (κ3) is 2.19. The van der Waals surface area contributed by atoms with Gasteiger partial charge in [0, 0.05) is 11.1 Å². The molecule has 0 aromatic heterocycles. The molecule has 2 aromatic rings. The Labute approximate surface area is 99.6 Å². The molecule has 0 aliphatic rings. The first kappa shape index (κ1) is 11.4. The predicted molar refractivity (Wildman–Crippen MR) is 67.6 cm³/mol. The third-order valence-electron chi connectivity index (χ3n) is 2.67. The summed E-state index contributed by atoms with van der Waals surface area (Å²) >= 11 is 5.90. The van der Waals surface area contributed by atoms with Crippen molar-refractivity contribution in [2.24, 2.45) is 5.73 Å². The maximum absolute atomic E-state index is 9.86. The van der Waals surface area contributed by atoms with Crippen molar-refractivity contribution < 1.29 is 5.11 Å². The molecule has 0 saturated heterocycles. The van der Waals surface area contributed by atoms with Gasteiger partial charge in [-0.2, -0.15) is 0 Å². The minimum atomic E-state index is -0.625. The highest BCUT2D eigenvalue weighted by atomic mass is 35.5. The van der Waals surface area contributed by atoms with Crippen LogP contribution in [0, 0.1) is 0 Å². The molecular weight excluding hydrogens is 222 g/mol. The van der Waals surface area contributed by atoms with Crippen molar-refractivity contribution in [3.8, 4) is 0 Å². The molecule has 0 amide bonds. The summed E-state index contributed by atoms with van der Waals surface area (Å²) in [5, 5.41) is 12.7. The van der Waals surface area contributed by atoms with Gasteiger partial charge in [0.15, 0.2) is 0 Å². The first-order valence-electron chi connectivity index (χ1n) is 5.21. The number of hydrogen-bond donors (Lipinski definition) is 2. The van der Waals surface area contributed by atoms with Crippen molar-refractivity contribution in [1.82, 2.24) is 0 Å². The Morgan fingerprint density at radius 1 is 1.12 bits per heavy atom. The number of fused-ring (bicyclic) bond motifs is 1. The number of nitrogens with two attached hydrogens (primary N) is 1. The fraction of sp³-hybridized carbons (Fsp3) is 0.231. The van der Waals surface area contributed by atoms with Gasteiger partial charge >= 0.3 is 0 Å². The van der Waals surface area contributed by atoms with Crippen molar-refractivity contribution >= 4 is 22.4 Å². The lowest BCUT2D eigenvalue weighted by atomic mass is 10.0. The Morgan fingerprint density at radius 3 is 2.44 bits per heavy atom. The van der Waals surface area contributed by atoms with E-state index in [1.54, 1.807) is 6.92 Å². The quantitative estimate of drug-likeness (QED) is 0.841. The lowest BCUT2D eigenvalue weighted by Crippen LogP contribution is -2.24. The summed E-state index contributed by atoms with van der Waals surface area (Å²) < 4.78 is 0. The highest BCUT2D eigenvalue weighted by molar-refractivity contribution is 6.31. The van der Waals surface area contributed by atoms with Crippen LogP contribution in [0.2, 0.25) is 5.02 Å². The van der Waals surface area contributed by atoms with Gasteiger partial charge < -0.3 is 10.8 Å². The zero-order valence-corrected chi connectivity index (χ0v) is 9.78. The fourth-order valence-electron chi connectivity index (χ4n) is 1.72. The van der Waals surface area contributed by atoms with Gasteiger partial charge in [0.25, 0.3) is 0 Å². The molecule has 2 rings (SSSR count). The van der Waals surface area contributed by atoms with E-state index in [1.807, 2.05) is 36.4 Å². The molecule has 16 heavy (non-hydrogen) atoms. The minimum Gasteiger partial charge on any atom is -0.387 e. The summed E-state index contributed by atoms with van der Waals surface area (Å²) in [5.74, 6) is 0. The molecule has 84 valence electrons. The zero-order valence-electron chi connectivity index (χ0n) is 9.02. The van der Waals surface area contributed by atoms with Crippen LogP contribution in [0.3, 0.4) is 0 Å². The maximum atomic E-state index is 9.86. The van der Waals surface area contributed by atoms with E-state index in [2.05, 4.69) is 0 Å². The van der Waals surface area contributed by atoms with Crippen molar-refractivity contribution in [1.29, 1.82) is 0 Å². The number of hydrogen-bond acceptors (Lipinski definition) is 2. The molecule has 0 radical (unpaired) electrons. The van der Waals surface area contributed by atoms with E-state index in [4.69, 9.17) is 17.3 Å². The van der Waals surface area contributed by atoms with Gasteiger partial charge in [0.2, 0.25) is 0 Å². The molecule has 0 spiro atoms. The van der Waals surface area contributed by atoms with Crippen LogP contribution in [0.5, 0.6) is 0 Å². The molecule has 2 nitrogen and oxygen atoms in total. The summed E-state index contributed by atoms with van der Waals surface area (Å²) in [6.45, 7) is 1.79. The van der Waals surface area contributed by atoms with Crippen LogP contribution in [-0.4, -0.2) is 11.1 Å². The van der Waals surface area contributed by atoms with Gasteiger partial charge in [-0.05, 0) is 41.5 Å². The third-order valence-corrected chi connectivity index (χ3v) is 2.90. The Morgan fingerprint density at radius 2 is 1.75 bits per heavy atom. The molecule has 2 atom stereocenters. The van der Waals surface area contributed by atoms with Crippen molar-refractivity contribution in [3.05, 3.63) is 47.0 Å². The van der Waals surface area contributed by atoms with Gasteiger partial charge in [0.05, 0.1) is 6.10 Å². The Kier molecular flexibility index (Phi) is 3.15. The molecule has 0 fully saturated rings. The average Bonchev–Trinajstić information content (AvgIpc) is 2.27. The van der Waals surface area contributed by atoms with E-state index in [9.17, 15) is 5.11 Å². The monoisotopic (exact) mass is 235 g/mol. The van der Waals surface area contributed by atoms with Crippen molar-refractivity contribution in [2.45, 2.75) is 19.1 Å². The van der Waals surface area contributed by atoms with Crippen molar-refractivity contribution in [2.75, 3.05) is 0 Å². The lowest BCUT2D eigenvalue weighted by molar-refractivity contribution is 0.153. The normalized spacial score (nSPS) is 15.0. The van der Waals surface area contributed by atoms with Crippen LogP contribution < -0.4 is 5.73 Å². The Balaban J connectivity index is 2.48. The van der Waals surface area contributed by atoms with Crippen LogP contribution in [-0.2, 0) is 0 Å². The number of benzene rings is 2. The SMILES string of the molecule is C[C@H](N)[C@H](O)c1ccc2cc(Cl)ccc2c1. The fourth-order valence-corrected chi connectivity index (χ4v) is 1.90. The molecular formula is C13H14ClNO. The van der Waals surface area contributed by atoms with Crippen LogP contribution >= 0.6 is 11.6 Å². The second kappa shape index (κ2) is 4.42. The van der Waals surface area contributed by atoms with E-state index in [0.717, 1.165) is 16.3 Å². The topological polar surface area (TPSA) is 46.2 Å². The molecule has 0 aliphatic heterocycles. The number of halogens is 1. The Hall–Kier alpha value is -1.09. The average molecular weight is 236 g/mol. The summed E-state index contributed by atoms with van der Waals surface area (Å²) in [4.78, 5) is 0. The van der Waals surface area contributed by atoms with Crippen LogP contribution in [0.15, 0.2) is 36.4 Å². The summed E-state index contributed by atoms with van der Waals surface area (Å²) in [6.07, 6.45) is -0.625. The van der Waals surface area contributed by atoms with E-state index in [-0.39, 0.29) is 6.04 Å². The molecule has 0 saturated carbocycles. The molecule has 0 aliphatic carbocycles. The van der Waals surface area contributed by atoms with Gasteiger partial charge in [-0.3, -0.25) is 0 Å². The van der Waals surface area contributed by atoms with E-state index < -0.39 is 6.10 Å². The summed E-state index contributed by atoms with van der Waals surface area (Å²) in [7, 11) is 0. The number of aliphatic hydroxyl groups is 1. The molecule has 0 unspecified atom stereocenters. The van der Waals surface area contributed by atoms with Crippen LogP contribution in [0.4, 0.5) is 0 Å². The number of rotatable bonds is 2. The van der Waals surface area contributed by atoms with E-state index >= 15 is 0 Å². The molecule has 2 aromatic carbocycles. The van der Waals surface area contributed by atoms with Crippen molar-refractivity contribution in [3.63, 3.8) is 0 Å². The molecule has 0 bridgehead atoms. The largest absolute Gasteiger partial charge is 0.387 e. The highest BCUT2D eigenvalue weighted by Gasteiger charge is 2.12. The number of aliphatic hydroxyl groups excluding tert-OH is 1. The van der Waals surface area contributed by atoms with E-state index in [1.165, 1.54) is 0 Å². The summed E-state index contributed by atoms with van der Waals surface area (Å²) in [5.41, 5.74) is 6.50. The highest BCUT2D eigenvalue weighted by Crippen LogP contribution is 2.24. The smallest absolute Gasteiger partial charge is 0.0938 e. The van der Waals surface area contributed by atoms with Gasteiger partial charge in [-0.1, -0.05) is 29.8 Å². The second-order valence-corrected chi connectivity index (χ2v) is 4.49. The molecule has 3 N–H and O–H groups in total. The lowest BCUT2D eigenvalue weighted by Gasteiger charge is -2.15. The first-order valence-corrected chi connectivity index (χ1v) is 5.58.